The van der Waals surface area contributed by atoms with Crippen LogP contribution in [0.25, 0.3) is 11.0 Å². The Morgan fingerprint density at radius 1 is 1.35 bits per heavy atom. The van der Waals surface area contributed by atoms with Gasteiger partial charge in [0.1, 0.15) is 5.75 Å². The summed E-state index contributed by atoms with van der Waals surface area (Å²) in [6.07, 6.45) is 2.27. The Balaban J connectivity index is 1.99. The second kappa shape index (κ2) is 4.37. The van der Waals surface area contributed by atoms with E-state index in [4.69, 9.17) is 9.26 Å². The molecule has 0 atom stereocenters. The Morgan fingerprint density at radius 2 is 2.18 bits per heavy atom. The Bertz CT molecular complexity index is 515. The fraction of sp³-hybridized carbons (Fsp3) is 0.462. The van der Waals surface area contributed by atoms with Crippen LogP contribution in [0.4, 0.5) is 0 Å². The third-order valence-electron chi connectivity index (χ3n) is 3.43. The van der Waals surface area contributed by atoms with Crippen LogP contribution >= 0.6 is 0 Å². The standard InChI is InChI=1S/C13H16N2O2/c1-16-10-2-3-11-12(8-10)17-15-13(11)9-4-6-14-7-5-9/h2-3,8-9,14H,4-7H2,1H3. The van der Waals surface area contributed by atoms with E-state index in [1.54, 1.807) is 7.11 Å². The van der Waals surface area contributed by atoms with Gasteiger partial charge in [0.2, 0.25) is 0 Å². The normalized spacial score (nSPS) is 17.5. The molecule has 1 saturated heterocycles. The molecule has 2 heterocycles. The molecule has 0 unspecified atom stereocenters. The van der Waals surface area contributed by atoms with E-state index in [1.165, 1.54) is 0 Å². The van der Waals surface area contributed by atoms with Crippen LogP contribution in [0.15, 0.2) is 22.7 Å². The van der Waals surface area contributed by atoms with Crippen LogP contribution in [-0.4, -0.2) is 25.4 Å². The number of piperidine rings is 1. The predicted molar refractivity (Wildman–Crippen MR) is 65.4 cm³/mol. The van der Waals surface area contributed by atoms with E-state index in [1.807, 2.05) is 18.2 Å². The van der Waals surface area contributed by atoms with Crippen molar-refractivity contribution in [1.29, 1.82) is 0 Å². The van der Waals surface area contributed by atoms with Crippen molar-refractivity contribution in [3.63, 3.8) is 0 Å². The third-order valence-corrected chi connectivity index (χ3v) is 3.43. The molecule has 3 rings (SSSR count). The molecule has 0 amide bonds. The molecule has 4 nitrogen and oxygen atoms in total. The minimum absolute atomic E-state index is 0.519. The van der Waals surface area contributed by atoms with Crippen LogP contribution in [0.5, 0.6) is 5.75 Å². The predicted octanol–water partition coefficient (Wildman–Crippen LogP) is 2.30. The van der Waals surface area contributed by atoms with Crippen molar-refractivity contribution in [1.82, 2.24) is 10.5 Å². The zero-order valence-corrected chi connectivity index (χ0v) is 9.90. The van der Waals surface area contributed by atoms with Crippen LogP contribution < -0.4 is 10.1 Å². The highest BCUT2D eigenvalue weighted by Gasteiger charge is 2.21. The first kappa shape index (κ1) is 10.6. The van der Waals surface area contributed by atoms with Crippen molar-refractivity contribution < 1.29 is 9.26 Å². The van der Waals surface area contributed by atoms with Crippen LogP contribution in [0, 0.1) is 0 Å². The molecule has 0 saturated carbocycles. The smallest absolute Gasteiger partial charge is 0.170 e. The van der Waals surface area contributed by atoms with Gasteiger partial charge in [0, 0.05) is 17.4 Å². The van der Waals surface area contributed by atoms with E-state index < -0.39 is 0 Å². The van der Waals surface area contributed by atoms with Gasteiger partial charge in [-0.15, -0.1) is 0 Å². The fourth-order valence-electron chi connectivity index (χ4n) is 2.45. The SMILES string of the molecule is COc1ccc2c(C3CCNCC3)noc2c1. The largest absolute Gasteiger partial charge is 0.497 e. The second-order valence-electron chi connectivity index (χ2n) is 4.45. The number of hydrogen-bond donors (Lipinski definition) is 1. The number of hydrogen-bond acceptors (Lipinski definition) is 4. The Morgan fingerprint density at radius 3 is 2.94 bits per heavy atom. The first-order valence-electron chi connectivity index (χ1n) is 6.02. The van der Waals surface area contributed by atoms with Gasteiger partial charge in [-0.25, -0.2) is 0 Å². The molecule has 1 aromatic carbocycles. The number of benzene rings is 1. The minimum atomic E-state index is 0.519. The summed E-state index contributed by atoms with van der Waals surface area (Å²) in [5, 5.41) is 8.72. The van der Waals surface area contributed by atoms with Gasteiger partial charge in [0.15, 0.2) is 5.58 Å². The zero-order valence-electron chi connectivity index (χ0n) is 9.90. The maximum Gasteiger partial charge on any atom is 0.170 e. The highest BCUT2D eigenvalue weighted by Crippen LogP contribution is 2.32. The molecule has 1 fully saturated rings. The summed E-state index contributed by atoms with van der Waals surface area (Å²) in [5.74, 6) is 1.33. The van der Waals surface area contributed by atoms with Crippen LogP contribution in [0.3, 0.4) is 0 Å². The van der Waals surface area contributed by atoms with E-state index in [0.717, 1.165) is 48.3 Å². The average Bonchev–Trinajstić information content (AvgIpc) is 2.82. The van der Waals surface area contributed by atoms with Crippen molar-refractivity contribution in [2.24, 2.45) is 0 Å². The van der Waals surface area contributed by atoms with Crippen molar-refractivity contribution in [2.45, 2.75) is 18.8 Å². The van der Waals surface area contributed by atoms with Crippen molar-refractivity contribution >= 4 is 11.0 Å². The molecule has 90 valence electrons. The average molecular weight is 232 g/mol. The lowest BCUT2D eigenvalue weighted by Crippen LogP contribution is -2.26. The number of nitrogens with zero attached hydrogens (tertiary/aromatic N) is 1. The molecule has 1 aromatic heterocycles. The van der Waals surface area contributed by atoms with Crippen LogP contribution in [0.1, 0.15) is 24.5 Å². The van der Waals surface area contributed by atoms with E-state index in [0.29, 0.717) is 5.92 Å². The molecule has 0 radical (unpaired) electrons. The third kappa shape index (κ3) is 1.89. The summed E-state index contributed by atoms with van der Waals surface area (Å²) >= 11 is 0. The lowest BCUT2D eigenvalue weighted by atomic mass is 9.92. The van der Waals surface area contributed by atoms with Gasteiger partial charge in [-0.3, -0.25) is 0 Å². The molecule has 1 N–H and O–H groups in total. The molecular weight excluding hydrogens is 216 g/mol. The van der Waals surface area contributed by atoms with Crippen LogP contribution in [0.2, 0.25) is 0 Å². The number of ether oxygens (including phenoxy) is 1. The molecular formula is C13H16N2O2. The molecule has 0 spiro atoms. The number of aromatic nitrogens is 1. The van der Waals surface area contributed by atoms with E-state index >= 15 is 0 Å². The topological polar surface area (TPSA) is 47.3 Å². The molecule has 2 aromatic rings. The monoisotopic (exact) mass is 232 g/mol. The number of fused-ring (bicyclic) bond motifs is 1. The summed E-state index contributed by atoms with van der Waals surface area (Å²) in [4.78, 5) is 0. The molecule has 17 heavy (non-hydrogen) atoms. The van der Waals surface area contributed by atoms with Gasteiger partial charge in [-0.2, -0.15) is 0 Å². The van der Waals surface area contributed by atoms with Gasteiger partial charge in [0.25, 0.3) is 0 Å². The Kier molecular flexibility index (Phi) is 2.73. The highest BCUT2D eigenvalue weighted by molar-refractivity contribution is 5.81. The lowest BCUT2D eigenvalue weighted by molar-refractivity contribution is 0.400. The van der Waals surface area contributed by atoms with Gasteiger partial charge in [-0.05, 0) is 38.1 Å². The molecule has 4 heteroatoms. The Hall–Kier alpha value is -1.55. The number of nitrogens with one attached hydrogen (secondary N) is 1. The van der Waals surface area contributed by atoms with Crippen molar-refractivity contribution in [3.8, 4) is 5.75 Å². The number of methoxy groups -OCH3 is 1. The van der Waals surface area contributed by atoms with Crippen molar-refractivity contribution in [2.75, 3.05) is 20.2 Å². The summed E-state index contributed by atoms with van der Waals surface area (Å²) in [5.41, 5.74) is 1.92. The maximum atomic E-state index is 5.39. The first-order chi connectivity index (χ1) is 8.38. The molecule has 1 aliphatic rings. The van der Waals surface area contributed by atoms with Crippen molar-refractivity contribution in [3.05, 3.63) is 23.9 Å². The quantitative estimate of drug-likeness (QED) is 0.863. The van der Waals surface area contributed by atoms with E-state index in [-0.39, 0.29) is 0 Å². The first-order valence-corrected chi connectivity index (χ1v) is 6.02. The number of rotatable bonds is 2. The summed E-state index contributed by atoms with van der Waals surface area (Å²) < 4.78 is 10.6. The van der Waals surface area contributed by atoms with Gasteiger partial charge < -0.3 is 14.6 Å². The maximum absolute atomic E-state index is 5.39. The highest BCUT2D eigenvalue weighted by atomic mass is 16.5. The van der Waals surface area contributed by atoms with Gasteiger partial charge >= 0.3 is 0 Å². The molecule has 0 aliphatic carbocycles. The summed E-state index contributed by atoms with van der Waals surface area (Å²) in [7, 11) is 1.66. The fourth-order valence-corrected chi connectivity index (χ4v) is 2.45. The van der Waals surface area contributed by atoms with Gasteiger partial charge in [-0.1, -0.05) is 5.16 Å². The minimum Gasteiger partial charge on any atom is -0.497 e. The molecule has 0 bridgehead atoms. The zero-order chi connectivity index (χ0) is 11.7. The van der Waals surface area contributed by atoms with E-state index in [9.17, 15) is 0 Å². The second-order valence-corrected chi connectivity index (χ2v) is 4.45. The van der Waals surface area contributed by atoms with Crippen LogP contribution in [-0.2, 0) is 0 Å². The molecule has 1 aliphatic heterocycles. The summed E-state index contributed by atoms with van der Waals surface area (Å²) in [6.45, 7) is 2.13. The van der Waals surface area contributed by atoms with Gasteiger partial charge in [0.05, 0.1) is 12.8 Å². The van der Waals surface area contributed by atoms with E-state index in [2.05, 4.69) is 10.5 Å². The summed E-state index contributed by atoms with van der Waals surface area (Å²) in [6, 6.07) is 5.90. The Labute approximate surface area is 99.9 Å². The lowest BCUT2D eigenvalue weighted by Gasteiger charge is -2.20.